The average molecular weight is 478 g/mol. The van der Waals surface area contributed by atoms with Crippen molar-refractivity contribution in [1.82, 2.24) is 4.90 Å². The van der Waals surface area contributed by atoms with Gasteiger partial charge < -0.3 is 10.0 Å². The predicted octanol–water partition coefficient (Wildman–Crippen LogP) is 6.28. The first-order chi connectivity index (χ1) is 16.8. The summed E-state index contributed by atoms with van der Waals surface area (Å²) in [5.41, 5.74) is 1.31. The van der Waals surface area contributed by atoms with Gasteiger partial charge in [0.15, 0.2) is 0 Å². The molecule has 1 heterocycles. The summed E-state index contributed by atoms with van der Waals surface area (Å²) in [6.07, 6.45) is 13.7. The lowest BCUT2D eigenvalue weighted by molar-refractivity contribution is -0.157. The zero-order valence-electron chi connectivity index (χ0n) is 22.2. The molecule has 5 fully saturated rings. The lowest BCUT2D eigenvalue weighted by Crippen LogP contribution is -2.58. The molecule has 0 aromatic heterocycles. The van der Waals surface area contributed by atoms with Gasteiger partial charge in [0.05, 0.1) is 5.60 Å². The molecule has 3 heteroatoms. The molecule has 0 unspecified atom stereocenters. The van der Waals surface area contributed by atoms with Crippen molar-refractivity contribution in [3.8, 4) is 0 Å². The van der Waals surface area contributed by atoms with Crippen LogP contribution in [0.3, 0.4) is 0 Å². The molecule has 5 aliphatic rings. The molecule has 1 aliphatic heterocycles. The van der Waals surface area contributed by atoms with Gasteiger partial charge in [-0.2, -0.15) is 0 Å². The van der Waals surface area contributed by atoms with E-state index in [-0.39, 0.29) is 5.41 Å². The van der Waals surface area contributed by atoms with Crippen LogP contribution in [-0.4, -0.2) is 41.0 Å². The zero-order valence-corrected chi connectivity index (χ0v) is 22.2. The Morgan fingerprint density at radius 1 is 0.914 bits per heavy atom. The summed E-state index contributed by atoms with van der Waals surface area (Å²) in [6, 6.07) is 10.9. The maximum absolute atomic E-state index is 12.7. The normalized spacial score (nSPS) is 44.5. The molecule has 35 heavy (non-hydrogen) atoms. The van der Waals surface area contributed by atoms with Crippen LogP contribution in [0.15, 0.2) is 30.3 Å². The number of fused-ring (bicyclic) bond motifs is 5. The van der Waals surface area contributed by atoms with Crippen molar-refractivity contribution in [2.24, 2.45) is 40.4 Å². The Bertz CT molecular complexity index is 923. The number of aliphatic hydroxyl groups is 1. The molecular weight excluding hydrogens is 430 g/mol. The monoisotopic (exact) mass is 477 g/mol. The van der Waals surface area contributed by atoms with E-state index < -0.39 is 5.60 Å². The van der Waals surface area contributed by atoms with Gasteiger partial charge in [0.1, 0.15) is 5.78 Å². The summed E-state index contributed by atoms with van der Waals surface area (Å²) in [5, 5.41) is 11.8. The number of hydrogen-bond acceptors (Lipinski definition) is 3. The Kier molecular flexibility index (Phi) is 6.20. The fourth-order valence-electron chi connectivity index (χ4n) is 9.95. The molecule has 0 amide bonds. The van der Waals surface area contributed by atoms with Crippen molar-refractivity contribution in [3.05, 3.63) is 35.9 Å². The molecule has 3 nitrogen and oxygen atoms in total. The van der Waals surface area contributed by atoms with Gasteiger partial charge in [0.2, 0.25) is 0 Å². The number of likely N-dealkylation sites (tertiary alicyclic amines) is 1. The third-order valence-corrected chi connectivity index (χ3v) is 12.1. The first-order valence-corrected chi connectivity index (χ1v) is 14.8. The first-order valence-electron chi connectivity index (χ1n) is 14.8. The Labute approximate surface area is 213 Å². The molecule has 0 radical (unpaired) electrons. The third kappa shape index (κ3) is 4.23. The minimum atomic E-state index is -0.504. The van der Waals surface area contributed by atoms with Gasteiger partial charge in [-0.1, -0.05) is 44.2 Å². The van der Waals surface area contributed by atoms with E-state index in [1.54, 1.807) is 0 Å². The van der Waals surface area contributed by atoms with Crippen LogP contribution in [0.4, 0.5) is 0 Å². The Hall–Kier alpha value is -1.19. The smallest absolute Gasteiger partial charge is 0.139 e. The Morgan fingerprint density at radius 2 is 1.69 bits per heavy atom. The zero-order chi connectivity index (χ0) is 24.3. The number of hydrogen-bond donors (Lipinski definition) is 1. The second-order valence-corrected chi connectivity index (χ2v) is 13.9. The molecule has 1 aromatic carbocycles. The number of carbonyl (C=O) groups is 1. The van der Waals surface area contributed by atoms with E-state index in [0.29, 0.717) is 23.0 Å². The lowest BCUT2D eigenvalue weighted by atomic mass is 9.44. The van der Waals surface area contributed by atoms with Crippen LogP contribution >= 0.6 is 0 Å². The number of ketones is 1. The Morgan fingerprint density at radius 3 is 2.46 bits per heavy atom. The van der Waals surface area contributed by atoms with E-state index in [0.717, 1.165) is 69.5 Å². The number of β-amino-alcohol motifs (C(OH)–C–C–N with tert-alkyl or cyclic N) is 1. The van der Waals surface area contributed by atoms with Crippen molar-refractivity contribution < 1.29 is 9.90 Å². The van der Waals surface area contributed by atoms with Gasteiger partial charge >= 0.3 is 0 Å². The molecule has 4 saturated carbocycles. The van der Waals surface area contributed by atoms with E-state index in [9.17, 15) is 9.90 Å². The van der Waals surface area contributed by atoms with Crippen LogP contribution in [0, 0.1) is 40.4 Å². The lowest BCUT2D eigenvalue weighted by Gasteiger charge is -2.61. The van der Waals surface area contributed by atoms with Gasteiger partial charge in [0.25, 0.3) is 0 Å². The number of benzene rings is 1. The largest absolute Gasteiger partial charge is 0.389 e. The molecule has 1 saturated heterocycles. The van der Waals surface area contributed by atoms with E-state index in [1.165, 1.54) is 50.5 Å². The van der Waals surface area contributed by atoms with Gasteiger partial charge in [-0.3, -0.25) is 4.79 Å². The highest BCUT2D eigenvalue weighted by molar-refractivity contribution is 5.87. The van der Waals surface area contributed by atoms with Crippen molar-refractivity contribution in [3.63, 3.8) is 0 Å². The maximum Gasteiger partial charge on any atom is 0.139 e. The molecule has 6 rings (SSSR count). The highest BCUT2D eigenvalue weighted by Gasteiger charge is 2.61. The number of piperidine rings is 1. The van der Waals surface area contributed by atoms with Gasteiger partial charge in [-0.05, 0) is 124 Å². The standard InChI is InChI=1S/C32H47NO2/c1-30-16-17-32(35,22-33-18-13-24(14-19-33)20-23-6-4-3-5-7-23)21-25(30)8-9-26-27-10-11-29(34)31(27,2)15-12-28(26)30/h3-7,24-28,35H,8-22H2,1-2H3/t25-,26-,27-,28-,30-,31-,32+/m0/s1. The second-order valence-electron chi connectivity index (χ2n) is 13.9. The summed E-state index contributed by atoms with van der Waals surface area (Å²) in [4.78, 5) is 15.3. The summed E-state index contributed by atoms with van der Waals surface area (Å²) < 4.78 is 0. The predicted molar refractivity (Wildman–Crippen MR) is 141 cm³/mol. The highest BCUT2D eigenvalue weighted by atomic mass is 16.3. The molecular formula is C32H47NO2. The topological polar surface area (TPSA) is 40.5 Å². The van der Waals surface area contributed by atoms with E-state index in [1.807, 2.05) is 0 Å². The van der Waals surface area contributed by atoms with E-state index in [4.69, 9.17) is 0 Å². The maximum atomic E-state index is 12.7. The van der Waals surface area contributed by atoms with E-state index in [2.05, 4.69) is 49.1 Å². The summed E-state index contributed by atoms with van der Waals surface area (Å²) in [6.45, 7) is 8.02. The molecule has 7 atom stereocenters. The molecule has 1 N–H and O–H groups in total. The number of Topliss-reactive ketones (excluding diaryl/α,β-unsaturated/α-hetero) is 1. The third-order valence-electron chi connectivity index (χ3n) is 12.1. The number of rotatable bonds is 4. The van der Waals surface area contributed by atoms with Crippen molar-refractivity contribution in [2.45, 2.75) is 96.5 Å². The fraction of sp³-hybridized carbons (Fsp3) is 0.781. The molecule has 0 spiro atoms. The van der Waals surface area contributed by atoms with Crippen LogP contribution in [0.5, 0.6) is 0 Å². The minimum absolute atomic E-state index is 0.0214. The summed E-state index contributed by atoms with van der Waals surface area (Å²) >= 11 is 0. The summed E-state index contributed by atoms with van der Waals surface area (Å²) in [5.74, 6) is 4.13. The van der Waals surface area contributed by atoms with Crippen LogP contribution in [-0.2, 0) is 11.2 Å². The number of nitrogens with zero attached hydrogens (tertiary/aromatic N) is 1. The van der Waals surface area contributed by atoms with Gasteiger partial charge in [-0.25, -0.2) is 0 Å². The van der Waals surface area contributed by atoms with Gasteiger partial charge in [-0.15, -0.1) is 0 Å². The van der Waals surface area contributed by atoms with Crippen molar-refractivity contribution >= 4 is 5.78 Å². The van der Waals surface area contributed by atoms with Crippen LogP contribution in [0.2, 0.25) is 0 Å². The molecule has 1 aromatic rings. The Balaban J connectivity index is 1.06. The van der Waals surface area contributed by atoms with Crippen LogP contribution in [0.1, 0.15) is 90.0 Å². The van der Waals surface area contributed by atoms with Crippen molar-refractivity contribution in [2.75, 3.05) is 19.6 Å². The van der Waals surface area contributed by atoms with Crippen LogP contribution < -0.4 is 0 Å². The SMILES string of the molecule is C[C@]12CC[C@](O)(CN3CCC(Cc4ccccc4)CC3)C[C@@H]1CC[C@@H]1[C@@H]2CC[C@]2(C)C(=O)CC[C@@H]12. The second kappa shape index (κ2) is 8.98. The molecule has 192 valence electrons. The highest BCUT2D eigenvalue weighted by Crippen LogP contribution is 2.66. The quantitative estimate of drug-likeness (QED) is 0.554. The molecule has 0 bridgehead atoms. The first kappa shape index (κ1) is 24.2. The average Bonchev–Trinajstić information content (AvgIpc) is 3.16. The van der Waals surface area contributed by atoms with Crippen LogP contribution in [0.25, 0.3) is 0 Å². The van der Waals surface area contributed by atoms with E-state index >= 15 is 0 Å². The fourth-order valence-corrected chi connectivity index (χ4v) is 9.95. The molecule has 4 aliphatic carbocycles. The summed E-state index contributed by atoms with van der Waals surface area (Å²) in [7, 11) is 0. The number of carbonyl (C=O) groups excluding carboxylic acids is 1. The minimum Gasteiger partial charge on any atom is -0.389 e. The van der Waals surface area contributed by atoms with Crippen molar-refractivity contribution in [1.29, 1.82) is 0 Å². The van der Waals surface area contributed by atoms with Gasteiger partial charge in [0, 0.05) is 18.4 Å².